The Hall–Kier alpha value is -1.42. The third kappa shape index (κ3) is 8.44. The molecule has 0 aliphatic carbocycles. The van der Waals surface area contributed by atoms with Gasteiger partial charge in [-0.25, -0.2) is 4.79 Å². The molecule has 1 unspecified atom stereocenters. The molecule has 1 fully saturated rings. The van der Waals surface area contributed by atoms with E-state index in [4.69, 9.17) is 19.7 Å². The van der Waals surface area contributed by atoms with Gasteiger partial charge in [0, 0.05) is 39.3 Å². The molecule has 9 nitrogen and oxygen atoms in total. The van der Waals surface area contributed by atoms with Gasteiger partial charge in [0.05, 0.1) is 19.7 Å². The van der Waals surface area contributed by atoms with Gasteiger partial charge >= 0.3 is 12.1 Å². The number of phenolic OH excluding ortho intramolecular Hbond substituents is 1. The molecule has 0 spiro atoms. The van der Waals surface area contributed by atoms with Crippen molar-refractivity contribution in [3.63, 3.8) is 0 Å². The number of carboxylic acid groups (broad SMARTS) is 2. The zero-order valence-corrected chi connectivity index (χ0v) is 15.8. The molecule has 0 aromatic heterocycles. The summed E-state index contributed by atoms with van der Waals surface area (Å²) >= 11 is 0. The predicted octanol–water partition coefficient (Wildman–Crippen LogP) is 0.177. The molecule has 131 valence electrons. The van der Waals surface area contributed by atoms with E-state index in [1.165, 1.54) is 11.0 Å². The van der Waals surface area contributed by atoms with Gasteiger partial charge in [-0.05, 0) is 12.1 Å². The van der Waals surface area contributed by atoms with Crippen molar-refractivity contribution in [2.45, 2.75) is 6.10 Å². The summed E-state index contributed by atoms with van der Waals surface area (Å²) in [4.78, 5) is 21.4. The molecular weight excluding hydrogens is 397 g/mol. The van der Waals surface area contributed by atoms with E-state index < -0.39 is 12.1 Å². The van der Waals surface area contributed by atoms with E-state index in [9.17, 15) is 14.7 Å². The first-order valence-electron chi connectivity index (χ1n) is 6.86. The van der Waals surface area contributed by atoms with Crippen LogP contribution in [0.3, 0.4) is 0 Å². The number of amides is 1. The van der Waals surface area contributed by atoms with Crippen molar-refractivity contribution < 1.29 is 67.1 Å². The van der Waals surface area contributed by atoms with Crippen molar-refractivity contribution in [2.75, 3.05) is 32.8 Å². The Balaban J connectivity index is 0.000000777. The van der Waals surface area contributed by atoms with E-state index in [2.05, 4.69) is 5.73 Å². The summed E-state index contributed by atoms with van der Waals surface area (Å²) in [6, 6.07) is 6.62. The van der Waals surface area contributed by atoms with Crippen LogP contribution in [0.2, 0.25) is 0 Å². The van der Waals surface area contributed by atoms with Gasteiger partial charge in [-0.1, -0.05) is 12.1 Å². The Morgan fingerprint density at radius 2 is 1.96 bits per heavy atom. The number of morpholine rings is 1. The molecule has 1 aromatic carbocycles. The smallest absolute Gasteiger partial charge is 0.407 e. The number of carboxylic acids is 1. The van der Waals surface area contributed by atoms with E-state index in [1.54, 1.807) is 18.2 Å². The van der Waals surface area contributed by atoms with Crippen molar-refractivity contribution in [3.05, 3.63) is 24.3 Å². The SMILES string of the molecule is NCC(=O)O.O=C(O)N1CCOC(COc2ccccc2O)C1.[Y]. The van der Waals surface area contributed by atoms with Crippen LogP contribution in [-0.2, 0) is 42.2 Å². The standard InChI is InChI=1S/C12H15NO5.C2H5NO2.Y/c14-10-3-1-2-4-11(10)18-8-9-7-13(12(15)16)5-6-17-9;3-1-2(4)5;/h1-4,9,14H,5-8H2,(H,15,16);1,3H2,(H,4,5);. The third-order valence-corrected chi connectivity index (χ3v) is 2.87. The quantitative estimate of drug-likeness (QED) is 0.544. The largest absolute Gasteiger partial charge is 0.504 e. The maximum atomic E-state index is 10.8. The number of hydrogen-bond donors (Lipinski definition) is 4. The molecule has 0 saturated carbocycles. The molecule has 0 bridgehead atoms. The second-order valence-electron chi connectivity index (χ2n) is 4.60. The van der Waals surface area contributed by atoms with E-state index in [1.807, 2.05) is 0 Å². The average Bonchev–Trinajstić information content (AvgIpc) is 2.55. The summed E-state index contributed by atoms with van der Waals surface area (Å²) in [6.07, 6.45) is -1.26. The van der Waals surface area contributed by atoms with Crippen molar-refractivity contribution in [1.29, 1.82) is 0 Å². The molecule has 1 aliphatic rings. The number of ether oxygens (including phenoxy) is 2. The fourth-order valence-corrected chi connectivity index (χ4v) is 1.76. The molecule has 1 atom stereocenters. The zero-order valence-electron chi connectivity index (χ0n) is 13.0. The van der Waals surface area contributed by atoms with Gasteiger partial charge in [0.25, 0.3) is 0 Å². The first-order valence-corrected chi connectivity index (χ1v) is 6.86. The number of aliphatic carboxylic acids is 1. The number of para-hydroxylation sites is 2. The Morgan fingerprint density at radius 3 is 2.50 bits per heavy atom. The summed E-state index contributed by atoms with van der Waals surface area (Å²) < 4.78 is 10.8. The maximum absolute atomic E-state index is 10.8. The number of carbonyl (C=O) groups is 2. The number of nitrogens with two attached hydrogens (primary N) is 1. The monoisotopic (exact) mass is 417 g/mol. The minimum Gasteiger partial charge on any atom is -0.504 e. The van der Waals surface area contributed by atoms with E-state index in [0.717, 1.165) is 0 Å². The van der Waals surface area contributed by atoms with Crippen LogP contribution in [0.4, 0.5) is 4.79 Å². The third-order valence-electron chi connectivity index (χ3n) is 2.87. The van der Waals surface area contributed by atoms with Crippen LogP contribution in [0.5, 0.6) is 11.5 Å². The Bertz CT molecular complexity index is 530. The van der Waals surface area contributed by atoms with E-state index in [0.29, 0.717) is 18.9 Å². The molecule has 10 heteroatoms. The van der Waals surface area contributed by atoms with Gasteiger partial charge in [-0.15, -0.1) is 0 Å². The molecule has 5 N–H and O–H groups in total. The minimum absolute atomic E-state index is 0. The number of phenols is 1. The summed E-state index contributed by atoms with van der Waals surface area (Å²) in [6.45, 7) is 0.952. The zero-order chi connectivity index (χ0) is 17.2. The van der Waals surface area contributed by atoms with Gasteiger partial charge in [0.1, 0.15) is 12.7 Å². The summed E-state index contributed by atoms with van der Waals surface area (Å²) in [5.74, 6) is -0.540. The summed E-state index contributed by atoms with van der Waals surface area (Å²) in [5, 5.41) is 26.0. The van der Waals surface area contributed by atoms with Crippen molar-refractivity contribution >= 4 is 12.1 Å². The number of nitrogens with zero attached hydrogens (tertiary/aromatic N) is 1. The van der Waals surface area contributed by atoms with E-state index >= 15 is 0 Å². The van der Waals surface area contributed by atoms with Crippen LogP contribution >= 0.6 is 0 Å². The van der Waals surface area contributed by atoms with Gasteiger partial charge in [0.15, 0.2) is 11.5 Å². The summed E-state index contributed by atoms with van der Waals surface area (Å²) in [7, 11) is 0. The Labute approximate surface area is 164 Å². The molecule has 1 saturated heterocycles. The van der Waals surface area contributed by atoms with Gasteiger partial charge < -0.3 is 35.4 Å². The number of aromatic hydroxyl groups is 1. The topological polar surface area (TPSA) is 143 Å². The first-order chi connectivity index (χ1) is 10.9. The van der Waals surface area contributed by atoms with Crippen molar-refractivity contribution in [3.8, 4) is 11.5 Å². The molecular formula is C14H20N2O7Y. The minimum atomic E-state index is -0.968. The Kier molecular flexibility index (Phi) is 11.3. The summed E-state index contributed by atoms with van der Waals surface area (Å²) in [5.41, 5.74) is 4.57. The Morgan fingerprint density at radius 1 is 1.33 bits per heavy atom. The van der Waals surface area contributed by atoms with Crippen LogP contribution in [-0.4, -0.2) is 71.2 Å². The molecule has 1 heterocycles. The fraction of sp³-hybridized carbons (Fsp3) is 0.429. The second kappa shape index (κ2) is 12.0. The van der Waals surface area contributed by atoms with Gasteiger partial charge in [0.2, 0.25) is 0 Å². The van der Waals surface area contributed by atoms with E-state index in [-0.39, 0.29) is 64.3 Å². The van der Waals surface area contributed by atoms with Crippen molar-refractivity contribution in [1.82, 2.24) is 4.90 Å². The van der Waals surface area contributed by atoms with Gasteiger partial charge in [-0.3, -0.25) is 4.79 Å². The molecule has 1 aromatic rings. The predicted molar refractivity (Wildman–Crippen MR) is 79.6 cm³/mol. The van der Waals surface area contributed by atoms with Crippen LogP contribution in [0, 0.1) is 0 Å². The van der Waals surface area contributed by atoms with Crippen LogP contribution in [0.15, 0.2) is 24.3 Å². The van der Waals surface area contributed by atoms with Crippen LogP contribution < -0.4 is 10.5 Å². The van der Waals surface area contributed by atoms with Gasteiger partial charge in [-0.2, -0.15) is 0 Å². The second-order valence-corrected chi connectivity index (χ2v) is 4.60. The normalized spacial score (nSPS) is 16.2. The molecule has 1 amide bonds. The number of benzene rings is 1. The molecule has 2 rings (SSSR count). The number of rotatable bonds is 4. The maximum Gasteiger partial charge on any atom is 0.407 e. The van der Waals surface area contributed by atoms with Crippen molar-refractivity contribution in [2.24, 2.45) is 5.73 Å². The average molecular weight is 417 g/mol. The molecule has 24 heavy (non-hydrogen) atoms. The number of hydrogen-bond acceptors (Lipinski definition) is 6. The van der Waals surface area contributed by atoms with Crippen LogP contribution in [0.1, 0.15) is 0 Å². The fourth-order valence-electron chi connectivity index (χ4n) is 1.76. The first kappa shape index (κ1) is 22.6. The molecule has 1 aliphatic heterocycles. The molecule has 1 radical (unpaired) electrons. The van der Waals surface area contributed by atoms with Crippen LogP contribution in [0.25, 0.3) is 0 Å².